The van der Waals surface area contributed by atoms with E-state index >= 15 is 0 Å². The van der Waals surface area contributed by atoms with Crippen molar-refractivity contribution in [1.29, 1.82) is 0 Å². The van der Waals surface area contributed by atoms with Crippen LogP contribution in [0.5, 0.6) is 0 Å². The molecular weight excluding hydrogens is 210 g/mol. The number of methoxy groups -OCH3 is 1. The van der Waals surface area contributed by atoms with Gasteiger partial charge in [0.2, 0.25) is 0 Å². The summed E-state index contributed by atoms with van der Waals surface area (Å²) in [5.41, 5.74) is 5.52. The van der Waals surface area contributed by atoms with Gasteiger partial charge in [-0.15, -0.1) is 0 Å². The van der Waals surface area contributed by atoms with Gasteiger partial charge in [-0.3, -0.25) is 4.90 Å². The number of nitrogens with zero attached hydrogens (tertiary/aromatic N) is 2. The second-order valence-corrected chi connectivity index (χ2v) is 4.45. The van der Waals surface area contributed by atoms with E-state index in [1.54, 1.807) is 7.11 Å². The van der Waals surface area contributed by atoms with Crippen molar-refractivity contribution >= 4 is 17.2 Å². The summed E-state index contributed by atoms with van der Waals surface area (Å²) in [7, 11) is 1.75. The smallest absolute Gasteiger partial charge is 0.0870 e. The highest BCUT2D eigenvalue weighted by atomic mass is 32.1. The highest BCUT2D eigenvalue weighted by Gasteiger charge is 2.16. The monoisotopic (exact) mass is 231 g/mol. The van der Waals surface area contributed by atoms with E-state index in [1.807, 2.05) is 0 Å². The van der Waals surface area contributed by atoms with E-state index in [-0.39, 0.29) is 0 Å². The van der Waals surface area contributed by atoms with E-state index in [1.165, 1.54) is 0 Å². The van der Waals surface area contributed by atoms with E-state index in [0.717, 1.165) is 52.3 Å². The molecular formula is C10H21N3OS. The average Bonchev–Trinajstić information content (AvgIpc) is 2.20. The summed E-state index contributed by atoms with van der Waals surface area (Å²) in [4.78, 5) is 5.38. The SMILES string of the molecule is COCCCN1CCN(CC(N)=S)CC1. The van der Waals surface area contributed by atoms with Crippen LogP contribution in [0.4, 0.5) is 0 Å². The van der Waals surface area contributed by atoms with Crippen LogP contribution < -0.4 is 5.73 Å². The van der Waals surface area contributed by atoms with E-state index in [0.29, 0.717) is 4.99 Å². The molecule has 1 aliphatic rings. The highest BCUT2D eigenvalue weighted by molar-refractivity contribution is 7.80. The molecule has 1 aliphatic heterocycles. The Bertz CT molecular complexity index is 193. The van der Waals surface area contributed by atoms with Crippen LogP contribution in [-0.2, 0) is 4.74 Å². The van der Waals surface area contributed by atoms with Gasteiger partial charge in [-0.25, -0.2) is 0 Å². The Labute approximate surface area is 97.3 Å². The molecule has 0 aliphatic carbocycles. The maximum absolute atomic E-state index is 5.52. The lowest BCUT2D eigenvalue weighted by Crippen LogP contribution is -2.48. The van der Waals surface area contributed by atoms with Gasteiger partial charge in [0.1, 0.15) is 0 Å². The minimum Gasteiger partial charge on any atom is -0.392 e. The van der Waals surface area contributed by atoms with Crippen LogP contribution in [0.2, 0.25) is 0 Å². The lowest BCUT2D eigenvalue weighted by molar-refractivity contribution is 0.126. The summed E-state index contributed by atoms with van der Waals surface area (Å²) in [5, 5.41) is 0. The topological polar surface area (TPSA) is 41.7 Å². The molecule has 1 heterocycles. The fourth-order valence-corrected chi connectivity index (χ4v) is 2.01. The van der Waals surface area contributed by atoms with Crippen molar-refractivity contribution in [3.8, 4) is 0 Å². The van der Waals surface area contributed by atoms with Crippen molar-refractivity contribution < 1.29 is 4.74 Å². The minimum absolute atomic E-state index is 0.600. The Morgan fingerprint density at radius 1 is 1.27 bits per heavy atom. The lowest BCUT2D eigenvalue weighted by atomic mass is 10.3. The van der Waals surface area contributed by atoms with Gasteiger partial charge in [-0.05, 0) is 6.42 Å². The molecule has 0 spiro atoms. The van der Waals surface area contributed by atoms with Crippen molar-refractivity contribution in [3.63, 3.8) is 0 Å². The molecule has 0 aromatic rings. The quantitative estimate of drug-likeness (QED) is 0.512. The largest absolute Gasteiger partial charge is 0.392 e. The van der Waals surface area contributed by atoms with Gasteiger partial charge in [0, 0.05) is 53.0 Å². The predicted molar refractivity (Wildman–Crippen MR) is 66.2 cm³/mol. The number of ether oxygens (including phenoxy) is 1. The van der Waals surface area contributed by atoms with Gasteiger partial charge in [0.15, 0.2) is 0 Å². The number of thiocarbonyl (C=S) groups is 1. The first-order chi connectivity index (χ1) is 7.22. The molecule has 0 aromatic heterocycles. The second kappa shape index (κ2) is 7.11. The lowest BCUT2D eigenvalue weighted by Gasteiger charge is -2.34. The maximum Gasteiger partial charge on any atom is 0.0870 e. The molecule has 1 saturated heterocycles. The van der Waals surface area contributed by atoms with Gasteiger partial charge in [0.05, 0.1) is 4.99 Å². The summed E-state index contributed by atoms with van der Waals surface area (Å²) in [6, 6.07) is 0. The summed E-state index contributed by atoms with van der Waals surface area (Å²) in [6.45, 7) is 7.14. The van der Waals surface area contributed by atoms with Crippen LogP contribution in [0.1, 0.15) is 6.42 Å². The van der Waals surface area contributed by atoms with Gasteiger partial charge in [-0.1, -0.05) is 12.2 Å². The molecule has 5 heteroatoms. The van der Waals surface area contributed by atoms with E-state index < -0.39 is 0 Å². The van der Waals surface area contributed by atoms with Gasteiger partial charge < -0.3 is 15.4 Å². The van der Waals surface area contributed by atoms with E-state index in [4.69, 9.17) is 22.7 Å². The first-order valence-electron chi connectivity index (χ1n) is 5.44. The molecule has 88 valence electrons. The Kier molecular flexibility index (Phi) is 6.09. The molecule has 1 fully saturated rings. The molecule has 0 atom stereocenters. The van der Waals surface area contributed by atoms with Crippen molar-refractivity contribution in [1.82, 2.24) is 9.80 Å². The van der Waals surface area contributed by atoms with Crippen LogP contribution in [0.25, 0.3) is 0 Å². The summed E-state index contributed by atoms with van der Waals surface area (Å²) in [6.07, 6.45) is 1.12. The van der Waals surface area contributed by atoms with Crippen LogP contribution in [0.3, 0.4) is 0 Å². The zero-order valence-electron chi connectivity index (χ0n) is 9.45. The van der Waals surface area contributed by atoms with Crippen molar-refractivity contribution in [3.05, 3.63) is 0 Å². The Morgan fingerprint density at radius 2 is 1.87 bits per heavy atom. The fraction of sp³-hybridized carbons (Fsp3) is 0.900. The fourth-order valence-electron chi connectivity index (χ4n) is 1.82. The number of rotatable bonds is 6. The molecule has 2 N–H and O–H groups in total. The zero-order chi connectivity index (χ0) is 11.1. The summed E-state index contributed by atoms with van der Waals surface area (Å²) in [5.74, 6) is 0. The second-order valence-electron chi connectivity index (χ2n) is 3.93. The Balaban J connectivity index is 2.10. The molecule has 0 radical (unpaired) electrons. The molecule has 0 saturated carbocycles. The number of piperazine rings is 1. The normalized spacial score (nSPS) is 19.3. The number of hydrogen-bond acceptors (Lipinski definition) is 4. The van der Waals surface area contributed by atoms with Crippen LogP contribution >= 0.6 is 12.2 Å². The van der Waals surface area contributed by atoms with Crippen molar-refractivity contribution in [2.45, 2.75) is 6.42 Å². The Hall–Kier alpha value is -0.230. The van der Waals surface area contributed by atoms with Crippen LogP contribution in [0.15, 0.2) is 0 Å². The van der Waals surface area contributed by atoms with Crippen molar-refractivity contribution in [2.24, 2.45) is 5.73 Å². The molecule has 15 heavy (non-hydrogen) atoms. The molecule has 0 bridgehead atoms. The molecule has 0 unspecified atom stereocenters. The number of hydrogen-bond donors (Lipinski definition) is 1. The summed E-state index contributed by atoms with van der Waals surface area (Å²) < 4.78 is 5.04. The third kappa shape index (κ3) is 5.41. The predicted octanol–water partition coefficient (Wildman–Crippen LogP) is -0.0734. The minimum atomic E-state index is 0.600. The van der Waals surface area contributed by atoms with Gasteiger partial charge in [0.25, 0.3) is 0 Å². The third-order valence-corrected chi connectivity index (χ3v) is 2.80. The molecule has 0 amide bonds. The third-order valence-electron chi connectivity index (χ3n) is 2.67. The first kappa shape index (κ1) is 12.8. The van der Waals surface area contributed by atoms with Gasteiger partial charge >= 0.3 is 0 Å². The number of nitrogens with two attached hydrogens (primary N) is 1. The Morgan fingerprint density at radius 3 is 2.40 bits per heavy atom. The van der Waals surface area contributed by atoms with Crippen molar-refractivity contribution in [2.75, 3.05) is 53.0 Å². The zero-order valence-corrected chi connectivity index (χ0v) is 10.3. The van der Waals surface area contributed by atoms with E-state index in [9.17, 15) is 0 Å². The van der Waals surface area contributed by atoms with Crippen LogP contribution in [-0.4, -0.2) is 67.8 Å². The molecule has 4 nitrogen and oxygen atoms in total. The molecule has 0 aromatic carbocycles. The first-order valence-corrected chi connectivity index (χ1v) is 5.85. The highest BCUT2D eigenvalue weighted by Crippen LogP contribution is 2.02. The van der Waals surface area contributed by atoms with E-state index in [2.05, 4.69) is 9.80 Å². The maximum atomic E-state index is 5.52. The average molecular weight is 231 g/mol. The standard InChI is InChI=1S/C10H21N3OS/c1-14-8-2-3-12-4-6-13(7-5-12)9-10(11)15/h2-9H2,1H3,(H2,11,15). The summed E-state index contributed by atoms with van der Waals surface area (Å²) >= 11 is 4.90. The van der Waals surface area contributed by atoms with Crippen LogP contribution in [0, 0.1) is 0 Å². The molecule has 1 rings (SSSR count). The van der Waals surface area contributed by atoms with Gasteiger partial charge in [-0.2, -0.15) is 0 Å².